The van der Waals surface area contributed by atoms with E-state index in [9.17, 15) is 0 Å². The monoisotopic (exact) mass is 257 g/mol. The van der Waals surface area contributed by atoms with Gasteiger partial charge in [-0.1, -0.05) is 50.6 Å². The molecule has 19 heavy (non-hydrogen) atoms. The number of benzene rings is 1. The Kier molecular flexibility index (Phi) is 5.16. The van der Waals surface area contributed by atoms with Crippen LogP contribution in [0.15, 0.2) is 30.3 Å². The van der Waals surface area contributed by atoms with Crippen LogP contribution in [0, 0.1) is 0 Å². The van der Waals surface area contributed by atoms with Crippen molar-refractivity contribution in [2.24, 2.45) is 0 Å². The van der Waals surface area contributed by atoms with Gasteiger partial charge in [0.2, 0.25) is 0 Å². The molecule has 0 spiro atoms. The predicted molar refractivity (Wildman–Crippen MR) is 80.0 cm³/mol. The van der Waals surface area contributed by atoms with Crippen LogP contribution in [0.4, 0.5) is 0 Å². The fourth-order valence-corrected chi connectivity index (χ4v) is 2.26. The van der Waals surface area contributed by atoms with Crippen molar-refractivity contribution in [3.8, 4) is 11.3 Å². The number of hydrogen-bond acceptors (Lipinski definition) is 2. The van der Waals surface area contributed by atoms with Gasteiger partial charge in [0.05, 0.1) is 11.4 Å². The van der Waals surface area contributed by atoms with E-state index in [-0.39, 0.29) is 0 Å². The molecular weight excluding hydrogens is 234 g/mol. The van der Waals surface area contributed by atoms with Crippen LogP contribution in [0.25, 0.3) is 11.3 Å². The first-order chi connectivity index (χ1) is 9.36. The van der Waals surface area contributed by atoms with Gasteiger partial charge in [-0.15, -0.1) is 0 Å². The average molecular weight is 257 g/mol. The van der Waals surface area contributed by atoms with E-state index in [1.165, 1.54) is 29.7 Å². The van der Waals surface area contributed by atoms with Crippen LogP contribution < -0.4 is 5.32 Å². The zero-order valence-corrected chi connectivity index (χ0v) is 11.9. The second-order valence-corrected chi connectivity index (χ2v) is 4.78. The highest BCUT2D eigenvalue weighted by molar-refractivity contribution is 5.63. The number of aromatic nitrogens is 2. The van der Waals surface area contributed by atoms with Gasteiger partial charge >= 0.3 is 0 Å². The highest BCUT2D eigenvalue weighted by Crippen LogP contribution is 2.25. The molecular formula is C16H23N3. The number of hydrogen-bond donors (Lipinski definition) is 2. The third kappa shape index (κ3) is 3.44. The van der Waals surface area contributed by atoms with Crippen molar-refractivity contribution in [3.63, 3.8) is 0 Å². The Bertz CT molecular complexity index is 488. The van der Waals surface area contributed by atoms with Crippen LogP contribution in [0.3, 0.4) is 0 Å². The lowest BCUT2D eigenvalue weighted by atomic mass is 10.0. The van der Waals surface area contributed by atoms with E-state index in [4.69, 9.17) is 0 Å². The summed E-state index contributed by atoms with van der Waals surface area (Å²) < 4.78 is 0. The number of aromatic amines is 1. The van der Waals surface area contributed by atoms with Gasteiger partial charge in [-0.25, -0.2) is 0 Å². The maximum Gasteiger partial charge on any atom is 0.0955 e. The summed E-state index contributed by atoms with van der Waals surface area (Å²) in [6, 6.07) is 10.4. The molecule has 2 N–H and O–H groups in total. The van der Waals surface area contributed by atoms with E-state index in [0.29, 0.717) is 0 Å². The second kappa shape index (κ2) is 7.10. The first-order valence-corrected chi connectivity index (χ1v) is 7.19. The molecule has 0 radical (unpaired) electrons. The standard InChI is InChI=1S/C16H23N3/c1-3-5-11-14-15(12-17-4-2)18-19-16(14)13-9-7-6-8-10-13/h6-10,17H,3-5,11-12H2,1-2H3,(H,18,19). The molecule has 0 bridgehead atoms. The molecule has 102 valence electrons. The number of H-pyrrole nitrogens is 1. The minimum atomic E-state index is 0.870. The molecule has 2 aromatic rings. The Morgan fingerprint density at radius 1 is 1.16 bits per heavy atom. The van der Waals surface area contributed by atoms with E-state index in [2.05, 4.69) is 53.6 Å². The van der Waals surface area contributed by atoms with Gasteiger partial charge in [0, 0.05) is 17.7 Å². The Morgan fingerprint density at radius 2 is 1.95 bits per heavy atom. The molecule has 0 saturated carbocycles. The first kappa shape index (κ1) is 13.8. The van der Waals surface area contributed by atoms with Crippen LogP contribution in [0.5, 0.6) is 0 Å². The summed E-state index contributed by atoms with van der Waals surface area (Å²) in [5, 5.41) is 11.1. The molecule has 3 nitrogen and oxygen atoms in total. The third-order valence-electron chi connectivity index (χ3n) is 3.33. The van der Waals surface area contributed by atoms with Gasteiger partial charge in [-0.05, 0) is 19.4 Å². The van der Waals surface area contributed by atoms with Crippen LogP contribution >= 0.6 is 0 Å². The normalized spacial score (nSPS) is 10.8. The molecule has 0 aliphatic heterocycles. The molecule has 0 fully saturated rings. The summed E-state index contributed by atoms with van der Waals surface area (Å²) >= 11 is 0. The van der Waals surface area contributed by atoms with Crippen LogP contribution in [0.1, 0.15) is 37.9 Å². The SMILES string of the molecule is CCCCc1c(-c2ccccc2)n[nH]c1CNCC. The zero-order valence-electron chi connectivity index (χ0n) is 11.9. The largest absolute Gasteiger partial charge is 0.311 e. The number of rotatable bonds is 7. The van der Waals surface area contributed by atoms with Gasteiger partial charge in [0.15, 0.2) is 0 Å². The molecule has 0 amide bonds. The zero-order chi connectivity index (χ0) is 13.5. The van der Waals surface area contributed by atoms with Crippen LogP contribution in [-0.2, 0) is 13.0 Å². The van der Waals surface area contributed by atoms with Crippen LogP contribution in [0.2, 0.25) is 0 Å². The summed E-state index contributed by atoms with van der Waals surface area (Å²) in [4.78, 5) is 0. The molecule has 0 aliphatic carbocycles. The Morgan fingerprint density at radius 3 is 2.63 bits per heavy atom. The summed E-state index contributed by atoms with van der Waals surface area (Å²) in [6.45, 7) is 6.20. The Labute approximate surface area is 115 Å². The number of nitrogens with zero attached hydrogens (tertiary/aromatic N) is 1. The van der Waals surface area contributed by atoms with Crippen LogP contribution in [-0.4, -0.2) is 16.7 Å². The highest BCUT2D eigenvalue weighted by atomic mass is 15.1. The second-order valence-electron chi connectivity index (χ2n) is 4.78. The topological polar surface area (TPSA) is 40.7 Å². The minimum Gasteiger partial charge on any atom is -0.311 e. The van der Waals surface area contributed by atoms with Gasteiger partial charge in [0.1, 0.15) is 0 Å². The van der Waals surface area contributed by atoms with Crippen molar-refractivity contribution in [1.29, 1.82) is 0 Å². The maximum atomic E-state index is 4.53. The Balaban J connectivity index is 2.29. The molecule has 1 aromatic heterocycles. The lowest BCUT2D eigenvalue weighted by molar-refractivity contribution is 0.695. The van der Waals surface area contributed by atoms with E-state index in [0.717, 1.165) is 25.2 Å². The molecule has 2 rings (SSSR count). The molecule has 3 heteroatoms. The van der Waals surface area contributed by atoms with Gasteiger partial charge in [-0.3, -0.25) is 5.10 Å². The molecule has 0 aliphatic rings. The number of unbranched alkanes of at least 4 members (excludes halogenated alkanes) is 1. The summed E-state index contributed by atoms with van der Waals surface area (Å²) in [7, 11) is 0. The summed E-state index contributed by atoms with van der Waals surface area (Å²) in [5.74, 6) is 0. The van der Waals surface area contributed by atoms with Crippen molar-refractivity contribution >= 4 is 0 Å². The average Bonchev–Trinajstić information content (AvgIpc) is 2.86. The highest BCUT2D eigenvalue weighted by Gasteiger charge is 2.13. The van der Waals surface area contributed by atoms with Gasteiger partial charge in [0.25, 0.3) is 0 Å². The number of nitrogens with one attached hydrogen (secondary N) is 2. The van der Waals surface area contributed by atoms with Gasteiger partial charge in [-0.2, -0.15) is 5.10 Å². The maximum absolute atomic E-state index is 4.53. The minimum absolute atomic E-state index is 0.870. The van der Waals surface area contributed by atoms with E-state index in [1.54, 1.807) is 0 Å². The third-order valence-corrected chi connectivity index (χ3v) is 3.33. The molecule has 1 heterocycles. The molecule has 0 unspecified atom stereocenters. The van der Waals surface area contributed by atoms with Crippen molar-refractivity contribution < 1.29 is 0 Å². The smallest absolute Gasteiger partial charge is 0.0955 e. The van der Waals surface area contributed by atoms with E-state index in [1.807, 2.05) is 6.07 Å². The summed E-state index contributed by atoms with van der Waals surface area (Å²) in [5.41, 5.74) is 4.91. The molecule has 1 aromatic carbocycles. The predicted octanol–water partition coefficient (Wildman–Crippen LogP) is 3.53. The lowest BCUT2D eigenvalue weighted by Crippen LogP contribution is -2.13. The van der Waals surface area contributed by atoms with Crippen molar-refractivity contribution in [1.82, 2.24) is 15.5 Å². The lowest BCUT2D eigenvalue weighted by Gasteiger charge is -2.06. The van der Waals surface area contributed by atoms with Gasteiger partial charge < -0.3 is 5.32 Å². The summed E-state index contributed by atoms with van der Waals surface area (Å²) in [6.07, 6.45) is 3.51. The first-order valence-electron chi connectivity index (χ1n) is 7.19. The van der Waals surface area contributed by atoms with E-state index < -0.39 is 0 Å². The van der Waals surface area contributed by atoms with E-state index >= 15 is 0 Å². The van der Waals surface area contributed by atoms with Crippen molar-refractivity contribution in [3.05, 3.63) is 41.6 Å². The van der Waals surface area contributed by atoms with Crippen molar-refractivity contribution in [2.75, 3.05) is 6.54 Å². The fraction of sp³-hybridized carbons (Fsp3) is 0.438. The van der Waals surface area contributed by atoms with Crippen molar-refractivity contribution in [2.45, 2.75) is 39.7 Å². The molecule has 0 saturated heterocycles. The Hall–Kier alpha value is -1.61. The fourth-order valence-electron chi connectivity index (χ4n) is 2.26. The molecule has 0 atom stereocenters. The quantitative estimate of drug-likeness (QED) is 0.796.